The number of aliphatic hydroxyl groups excluding tert-OH is 1. The first-order chi connectivity index (χ1) is 8.76. The fraction of sp³-hybridized carbons (Fsp3) is 0.467. The molecule has 1 aromatic carbocycles. The fourth-order valence-corrected chi connectivity index (χ4v) is 2.40. The summed E-state index contributed by atoms with van der Waals surface area (Å²) >= 11 is 0. The predicted octanol–water partition coefficient (Wildman–Crippen LogP) is 2.22. The van der Waals surface area contributed by atoms with Gasteiger partial charge in [0.25, 0.3) is 0 Å². The van der Waals surface area contributed by atoms with E-state index in [1.165, 1.54) is 22.0 Å². The van der Waals surface area contributed by atoms with Crippen molar-refractivity contribution in [3.8, 4) is 0 Å². The number of hydrogen-bond donors (Lipinski definition) is 2. The zero-order chi connectivity index (χ0) is 13.0. The molecule has 0 aliphatic rings. The molecule has 0 aliphatic heterocycles. The van der Waals surface area contributed by atoms with Crippen LogP contribution in [0.3, 0.4) is 0 Å². The van der Waals surface area contributed by atoms with Gasteiger partial charge in [0, 0.05) is 30.3 Å². The maximum Gasteiger partial charge on any atom is 0.0483 e. The van der Waals surface area contributed by atoms with Crippen LogP contribution in [0.5, 0.6) is 0 Å². The number of benzene rings is 1. The lowest BCUT2D eigenvalue weighted by atomic mass is 10.1. The van der Waals surface area contributed by atoms with Gasteiger partial charge in [-0.15, -0.1) is 0 Å². The maximum absolute atomic E-state index is 8.98. The molecule has 0 unspecified atom stereocenters. The second-order valence-electron chi connectivity index (χ2n) is 4.84. The van der Waals surface area contributed by atoms with E-state index in [1.54, 1.807) is 0 Å². The van der Waals surface area contributed by atoms with E-state index in [4.69, 9.17) is 10.8 Å². The Balaban J connectivity index is 2.39. The average Bonchev–Trinajstić information content (AvgIpc) is 2.71. The van der Waals surface area contributed by atoms with Crippen molar-refractivity contribution in [2.75, 3.05) is 13.2 Å². The molecule has 0 bridgehead atoms. The molecule has 0 radical (unpaired) electrons. The summed E-state index contributed by atoms with van der Waals surface area (Å²) in [6.45, 7) is 4.06. The first kappa shape index (κ1) is 13.1. The molecular weight excluding hydrogens is 224 g/mol. The summed E-state index contributed by atoms with van der Waals surface area (Å²) in [4.78, 5) is 0. The molecule has 0 amide bonds. The highest BCUT2D eigenvalue weighted by Gasteiger charge is 2.08. The van der Waals surface area contributed by atoms with E-state index in [-0.39, 0.29) is 6.61 Å². The van der Waals surface area contributed by atoms with E-state index < -0.39 is 0 Å². The Bertz CT molecular complexity index is 516. The van der Waals surface area contributed by atoms with Crippen LogP contribution in [-0.2, 0) is 13.0 Å². The van der Waals surface area contributed by atoms with E-state index in [9.17, 15) is 0 Å². The van der Waals surface area contributed by atoms with Crippen molar-refractivity contribution in [2.45, 2.75) is 32.7 Å². The summed E-state index contributed by atoms with van der Waals surface area (Å²) in [5.74, 6) is 0. The van der Waals surface area contributed by atoms with Crippen LogP contribution in [0.4, 0.5) is 0 Å². The summed E-state index contributed by atoms with van der Waals surface area (Å²) in [5.41, 5.74) is 9.48. The van der Waals surface area contributed by atoms with Gasteiger partial charge in [-0.3, -0.25) is 0 Å². The van der Waals surface area contributed by atoms with Crippen LogP contribution in [0.2, 0.25) is 0 Å². The first-order valence-corrected chi connectivity index (χ1v) is 6.65. The van der Waals surface area contributed by atoms with E-state index in [0.29, 0.717) is 0 Å². The third kappa shape index (κ3) is 2.74. The van der Waals surface area contributed by atoms with Crippen molar-refractivity contribution in [2.24, 2.45) is 5.73 Å². The van der Waals surface area contributed by atoms with Crippen molar-refractivity contribution in [1.29, 1.82) is 0 Å². The number of hydrogen-bond acceptors (Lipinski definition) is 2. The SMILES string of the molecule is Cc1ccc2c(c1)c(CCCO)cn2CCCN. The summed E-state index contributed by atoms with van der Waals surface area (Å²) in [7, 11) is 0. The van der Waals surface area contributed by atoms with Gasteiger partial charge in [-0.05, 0) is 50.4 Å². The molecule has 1 aromatic heterocycles. The lowest BCUT2D eigenvalue weighted by molar-refractivity contribution is 0.288. The molecule has 3 nitrogen and oxygen atoms in total. The summed E-state index contributed by atoms with van der Waals surface area (Å²) in [5, 5.41) is 10.3. The molecule has 98 valence electrons. The minimum Gasteiger partial charge on any atom is -0.396 e. The second kappa shape index (κ2) is 6.03. The van der Waals surface area contributed by atoms with Gasteiger partial charge in [0.15, 0.2) is 0 Å². The van der Waals surface area contributed by atoms with Gasteiger partial charge in [0.1, 0.15) is 0 Å². The predicted molar refractivity (Wildman–Crippen MR) is 75.8 cm³/mol. The van der Waals surface area contributed by atoms with Crippen molar-refractivity contribution >= 4 is 10.9 Å². The summed E-state index contributed by atoms with van der Waals surface area (Å²) < 4.78 is 2.29. The van der Waals surface area contributed by atoms with Crippen molar-refractivity contribution in [1.82, 2.24) is 4.57 Å². The number of rotatable bonds is 6. The Morgan fingerprint density at radius 3 is 2.83 bits per heavy atom. The number of fused-ring (bicyclic) bond motifs is 1. The van der Waals surface area contributed by atoms with Crippen molar-refractivity contribution in [3.05, 3.63) is 35.5 Å². The molecule has 1 heterocycles. The smallest absolute Gasteiger partial charge is 0.0483 e. The molecule has 3 N–H and O–H groups in total. The number of nitrogens with zero attached hydrogens (tertiary/aromatic N) is 1. The number of aliphatic hydroxyl groups is 1. The second-order valence-corrected chi connectivity index (χ2v) is 4.84. The highest BCUT2D eigenvalue weighted by Crippen LogP contribution is 2.24. The minimum atomic E-state index is 0.251. The van der Waals surface area contributed by atoms with Gasteiger partial charge in [-0.25, -0.2) is 0 Å². The van der Waals surface area contributed by atoms with Crippen LogP contribution < -0.4 is 5.73 Å². The minimum absolute atomic E-state index is 0.251. The molecule has 2 rings (SSSR count). The molecule has 0 fully saturated rings. The third-order valence-corrected chi connectivity index (χ3v) is 3.33. The van der Waals surface area contributed by atoms with Crippen molar-refractivity contribution in [3.63, 3.8) is 0 Å². The fourth-order valence-electron chi connectivity index (χ4n) is 2.40. The van der Waals surface area contributed by atoms with Gasteiger partial charge in [-0.2, -0.15) is 0 Å². The molecular formula is C15H22N2O. The van der Waals surface area contributed by atoms with Gasteiger partial charge < -0.3 is 15.4 Å². The van der Waals surface area contributed by atoms with Gasteiger partial charge in [-0.1, -0.05) is 11.6 Å². The molecule has 0 aliphatic carbocycles. The van der Waals surface area contributed by atoms with Gasteiger partial charge >= 0.3 is 0 Å². The molecule has 0 saturated heterocycles. The zero-order valence-electron chi connectivity index (χ0n) is 11.0. The number of aryl methyl sites for hydroxylation is 3. The molecule has 0 atom stereocenters. The molecule has 0 saturated carbocycles. The zero-order valence-corrected chi connectivity index (χ0v) is 11.0. The van der Waals surface area contributed by atoms with Crippen LogP contribution in [-0.4, -0.2) is 22.8 Å². The molecule has 2 aromatic rings. The standard InChI is InChI=1S/C15H22N2O/c1-12-5-6-15-14(10-12)13(4-2-9-18)11-17(15)8-3-7-16/h5-6,10-11,18H,2-4,7-9,16H2,1H3. The average molecular weight is 246 g/mol. The van der Waals surface area contributed by atoms with E-state index >= 15 is 0 Å². The molecule has 18 heavy (non-hydrogen) atoms. The third-order valence-electron chi connectivity index (χ3n) is 3.33. The first-order valence-electron chi connectivity index (χ1n) is 6.65. The highest BCUT2D eigenvalue weighted by atomic mass is 16.2. The Morgan fingerprint density at radius 1 is 1.28 bits per heavy atom. The van der Waals surface area contributed by atoms with E-state index in [0.717, 1.165) is 32.4 Å². The maximum atomic E-state index is 8.98. The largest absolute Gasteiger partial charge is 0.396 e. The van der Waals surface area contributed by atoms with E-state index in [2.05, 4.69) is 35.9 Å². The van der Waals surface area contributed by atoms with Crippen LogP contribution in [0.25, 0.3) is 10.9 Å². The van der Waals surface area contributed by atoms with Gasteiger partial charge in [0.05, 0.1) is 0 Å². The van der Waals surface area contributed by atoms with Crippen LogP contribution >= 0.6 is 0 Å². The number of aromatic nitrogens is 1. The summed E-state index contributed by atoms with van der Waals surface area (Å²) in [6.07, 6.45) is 4.97. The highest BCUT2D eigenvalue weighted by molar-refractivity contribution is 5.84. The Labute approximate surface area is 108 Å². The topological polar surface area (TPSA) is 51.2 Å². The normalized spacial score (nSPS) is 11.3. The van der Waals surface area contributed by atoms with Gasteiger partial charge in [0.2, 0.25) is 0 Å². The monoisotopic (exact) mass is 246 g/mol. The summed E-state index contributed by atoms with van der Waals surface area (Å²) in [6, 6.07) is 6.57. The van der Waals surface area contributed by atoms with Crippen LogP contribution in [0.1, 0.15) is 24.0 Å². The van der Waals surface area contributed by atoms with Crippen molar-refractivity contribution < 1.29 is 5.11 Å². The Hall–Kier alpha value is -1.32. The van der Waals surface area contributed by atoms with Crippen LogP contribution in [0.15, 0.2) is 24.4 Å². The lowest BCUT2D eigenvalue weighted by Crippen LogP contribution is -2.04. The number of nitrogens with two attached hydrogens (primary N) is 1. The quantitative estimate of drug-likeness (QED) is 0.821. The molecule has 0 spiro atoms. The van der Waals surface area contributed by atoms with Crippen LogP contribution in [0, 0.1) is 6.92 Å². The lowest BCUT2D eigenvalue weighted by Gasteiger charge is -2.03. The van der Waals surface area contributed by atoms with E-state index in [1.807, 2.05) is 0 Å². The Kier molecular flexibility index (Phi) is 4.39. The Morgan fingerprint density at radius 2 is 2.11 bits per heavy atom. The molecule has 3 heteroatoms.